The summed E-state index contributed by atoms with van der Waals surface area (Å²) in [5, 5.41) is 7.66. The van der Waals surface area contributed by atoms with Crippen molar-refractivity contribution in [3.63, 3.8) is 0 Å². The fraction of sp³-hybridized carbons (Fsp3) is 0.350. The molecule has 1 aliphatic rings. The van der Waals surface area contributed by atoms with E-state index in [0.717, 1.165) is 18.5 Å². The molecule has 0 heterocycles. The highest BCUT2D eigenvalue weighted by Crippen LogP contribution is 2.38. The van der Waals surface area contributed by atoms with Gasteiger partial charge in [-0.1, -0.05) is 54.8 Å². The normalized spacial score (nSPS) is 16.1. The molecule has 0 amide bonds. The van der Waals surface area contributed by atoms with E-state index in [4.69, 9.17) is 12.2 Å². The van der Waals surface area contributed by atoms with E-state index in [1.807, 2.05) is 12.1 Å². The monoisotopic (exact) mass is 324 g/mol. The predicted molar refractivity (Wildman–Crippen MR) is 102 cm³/mol. The molecule has 0 atom stereocenters. The maximum Gasteiger partial charge on any atom is 0.171 e. The van der Waals surface area contributed by atoms with Crippen LogP contribution in [-0.2, 0) is 5.54 Å². The van der Waals surface area contributed by atoms with Gasteiger partial charge in [0.25, 0.3) is 0 Å². The van der Waals surface area contributed by atoms with E-state index < -0.39 is 0 Å². The molecule has 2 aromatic rings. The van der Waals surface area contributed by atoms with E-state index in [-0.39, 0.29) is 5.54 Å². The SMILES string of the molecule is Cc1ccc(C2(NC(=S)Nc3cccc(C)c3)CCCC2)cc1. The third-order valence-corrected chi connectivity index (χ3v) is 4.89. The van der Waals surface area contributed by atoms with Crippen LogP contribution in [0, 0.1) is 13.8 Å². The van der Waals surface area contributed by atoms with Gasteiger partial charge in [0.05, 0.1) is 5.54 Å². The lowest BCUT2D eigenvalue weighted by Gasteiger charge is -2.32. The molecule has 0 aromatic heterocycles. The molecule has 0 radical (unpaired) electrons. The summed E-state index contributed by atoms with van der Waals surface area (Å²) in [7, 11) is 0. The lowest BCUT2D eigenvalue weighted by molar-refractivity contribution is 0.408. The highest BCUT2D eigenvalue weighted by Gasteiger charge is 2.36. The molecule has 2 aromatic carbocycles. The standard InChI is InChI=1S/C20H24N2S/c1-15-8-10-17(11-9-15)20(12-3-4-13-20)22-19(23)21-18-7-5-6-16(2)14-18/h5-11,14H,3-4,12-13H2,1-2H3,(H2,21,22,23). The lowest BCUT2D eigenvalue weighted by Crippen LogP contribution is -2.45. The summed E-state index contributed by atoms with van der Waals surface area (Å²) < 4.78 is 0. The zero-order valence-electron chi connectivity index (χ0n) is 13.9. The van der Waals surface area contributed by atoms with Crippen LogP contribution < -0.4 is 10.6 Å². The van der Waals surface area contributed by atoms with Crippen molar-refractivity contribution in [3.05, 3.63) is 65.2 Å². The van der Waals surface area contributed by atoms with Crippen molar-refractivity contribution >= 4 is 23.0 Å². The quantitative estimate of drug-likeness (QED) is 0.772. The lowest BCUT2D eigenvalue weighted by atomic mass is 9.88. The summed E-state index contributed by atoms with van der Waals surface area (Å²) >= 11 is 5.59. The van der Waals surface area contributed by atoms with Gasteiger partial charge in [-0.15, -0.1) is 0 Å². The van der Waals surface area contributed by atoms with Crippen LogP contribution in [-0.4, -0.2) is 5.11 Å². The van der Waals surface area contributed by atoms with Crippen molar-refractivity contribution in [2.45, 2.75) is 45.1 Å². The van der Waals surface area contributed by atoms with Crippen molar-refractivity contribution in [3.8, 4) is 0 Å². The smallest absolute Gasteiger partial charge is 0.171 e. The van der Waals surface area contributed by atoms with Gasteiger partial charge in [-0.25, -0.2) is 0 Å². The number of anilines is 1. The van der Waals surface area contributed by atoms with Crippen LogP contribution in [0.3, 0.4) is 0 Å². The Morgan fingerprint density at radius 2 is 1.65 bits per heavy atom. The molecule has 1 aliphatic carbocycles. The van der Waals surface area contributed by atoms with Crippen LogP contribution in [0.25, 0.3) is 0 Å². The van der Waals surface area contributed by atoms with Gasteiger partial charge < -0.3 is 10.6 Å². The van der Waals surface area contributed by atoms with E-state index in [1.165, 1.54) is 29.5 Å². The molecule has 1 saturated carbocycles. The summed E-state index contributed by atoms with van der Waals surface area (Å²) in [5.74, 6) is 0. The first-order chi connectivity index (χ1) is 11.1. The van der Waals surface area contributed by atoms with Crippen LogP contribution in [0.15, 0.2) is 48.5 Å². The number of nitrogens with one attached hydrogen (secondary N) is 2. The molecule has 120 valence electrons. The van der Waals surface area contributed by atoms with Gasteiger partial charge in [-0.05, 0) is 62.2 Å². The zero-order valence-corrected chi connectivity index (χ0v) is 14.7. The molecule has 3 heteroatoms. The molecule has 2 nitrogen and oxygen atoms in total. The fourth-order valence-corrected chi connectivity index (χ4v) is 3.75. The van der Waals surface area contributed by atoms with Gasteiger partial charge in [0, 0.05) is 5.69 Å². The Kier molecular flexibility index (Phi) is 4.67. The highest BCUT2D eigenvalue weighted by molar-refractivity contribution is 7.80. The van der Waals surface area contributed by atoms with E-state index in [2.05, 4.69) is 60.9 Å². The van der Waals surface area contributed by atoms with Crippen molar-refractivity contribution in [1.82, 2.24) is 5.32 Å². The second kappa shape index (κ2) is 6.71. The number of rotatable bonds is 3. The van der Waals surface area contributed by atoms with Crippen LogP contribution >= 0.6 is 12.2 Å². The van der Waals surface area contributed by atoms with Gasteiger partial charge in [-0.2, -0.15) is 0 Å². The predicted octanol–water partition coefficient (Wildman–Crippen LogP) is 5.06. The summed E-state index contributed by atoms with van der Waals surface area (Å²) in [6, 6.07) is 17.2. The van der Waals surface area contributed by atoms with Gasteiger partial charge in [-0.3, -0.25) is 0 Å². The minimum Gasteiger partial charge on any atom is -0.353 e. The summed E-state index contributed by atoms with van der Waals surface area (Å²) in [6.07, 6.45) is 4.75. The molecule has 23 heavy (non-hydrogen) atoms. The molecule has 0 bridgehead atoms. The average Bonchev–Trinajstić information content (AvgIpc) is 2.97. The number of aryl methyl sites for hydroxylation is 2. The Labute approximate surface area is 144 Å². The molecular weight excluding hydrogens is 300 g/mol. The number of thiocarbonyl (C=S) groups is 1. The average molecular weight is 324 g/mol. The molecule has 0 aliphatic heterocycles. The summed E-state index contributed by atoms with van der Waals surface area (Å²) in [5.41, 5.74) is 4.88. The van der Waals surface area contributed by atoms with Crippen LogP contribution in [0.4, 0.5) is 5.69 Å². The van der Waals surface area contributed by atoms with Crippen molar-refractivity contribution in [1.29, 1.82) is 0 Å². The van der Waals surface area contributed by atoms with Gasteiger partial charge in [0.15, 0.2) is 5.11 Å². The van der Waals surface area contributed by atoms with E-state index in [1.54, 1.807) is 0 Å². The number of hydrogen-bond donors (Lipinski definition) is 2. The van der Waals surface area contributed by atoms with Crippen molar-refractivity contribution in [2.24, 2.45) is 0 Å². The van der Waals surface area contributed by atoms with Crippen LogP contribution in [0.5, 0.6) is 0 Å². The molecule has 1 fully saturated rings. The van der Waals surface area contributed by atoms with Crippen LogP contribution in [0.2, 0.25) is 0 Å². The Hall–Kier alpha value is -1.87. The van der Waals surface area contributed by atoms with E-state index in [0.29, 0.717) is 5.11 Å². The first-order valence-corrected chi connectivity index (χ1v) is 8.71. The third-order valence-electron chi connectivity index (χ3n) is 4.69. The molecule has 0 unspecified atom stereocenters. The van der Waals surface area contributed by atoms with Gasteiger partial charge >= 0.3 is 0 Å². The van der Waals surface area contributed by atoms with Crippen molar-refractivity contribution < 1.29 is 0 Å². The highest BCUT2D eigenvalue weighted by atomic mass is 32.1. The van der Waals surface area contributed by atoms with Gasteiger partial charge in [0.1, 0.15) is 0 Å². The first-order valence-electron chi connectivity index (χ1n) is 8.30. The fourth-order valence-electron chi connectivity index (χ4n) is 3.44. The minimum absolute atomic E-state index is 0.0262. The summed E-state index contributed by atoms with van der Waals surface area (Å²) in [6.45, 7) is 4.22. The van der Waals surface area contributed by atoms with E-state index in [9.17, 15) is 0 Å². The van der Waals surface area contributed by atoms with Crippen molar-refractivity contribution in [2.75, 3.05) is 5.32 Å². The first kappa shape index (κ1) is 16.0. The Morgan fingerprint density at radius 3 is 2.30 bits per heavy atom. The topological polar surface area (TPSA) is 24.1 Å². The molecule has 2 N–H and O–H groups in total. The van der Waals surface area contributed by atoms with E-state index >= 15 is 0 Å². The maximum atomic E-state index is 5.59. The Balaban J connectivity index is 1.77. The summed E-state index contributed by atoms with van der Waals surface area (Å²) in [4.78, 5) is 0. The Morgan fingerprint density at radius 1 is 0.957 bits per heavy atom. The third kappa shape index (κ3) is 3.73. The molecule has 0 saturated heterocycles. The largest absolute Gasteiger partial charge is 0.353 e. The number of hydrogen-bond acceptors (Lipinski definition) is 1. The second-order valence-corrected chi connectivity index (χ2v) is 7.01. The number of benzene rings is 2. The second-order valence-electron chi connectivity index (χ2n) is 6.60. The van der Waals surface area contributed by atoms with Crippen LogP contribution in [0.1, 0.15) is 42.4 Å². The molecule has 3 rings (SSSR count). The minimum atomic E-state index is -0.0262. The molecule has 0 spiro atoms. The maximum absolute atomic E-state index is 5.59. The van der Waals surface area contributed by atoms with Gasteiger partial charge in [0.2, 0.25) is 0 Å². The zero-order chi connectivity index (χ0) is 16.3. The molecular formula is C20H24N2S. The Bertz CT molecular complexity index is 685.